The molecule has 1 aromatic heterocycles. The Morgan fingerprint density at radius 2 is 1.75 bits per heavy atom. The lowest BCUT2D eigenvalue weighted by Crippen LogP contribution is -2.64. The molecule has 1 aliphatic heterocycles. The van der Waals surface area contributed by atoms with Crippen LogP contribution in [0.5, 0.6) is 0 Å². The number of aliphatic hydroxyl groups excluding tert-OH is 1. The highest BCUT2D eigenvalue weighted by molar-refractivity contribution is 5.92. The van der Waals surface area contributed by atoms with E-state index in [1.807, 2.05) is 13.8 Å². The topological polar surface area (TPSA) is 57.3 Å². The highest BCUT2D eigenvalue weighted by atomic mass is 19.1. The summed E-state index contributed by atoms with van der Waals surface area (Å²) in [4.78, 5) is 3.11. The van der Waals surface area contributed by atoms with E-state index in [2.05, 4.69) is 10.3 Å². The predicted octanol–water partition coefficient (Wildman–Crippen LogP) is 5.12. The zero-order chi connectivity index (χ0) is 22.9. The molecule has 0 spiro atoms. The van der Waals surface area contributed by atoms with Gasteiger partial charge in [-0.25, -0.2) is 13.2 Å². The molecule has 0 unspecified atom stereocenters. The summed E-state index contributed by atoms with van der Waals surface area (Å²) >= 11 is 0. The van der Waals surface area contributed by atoms with Crippen molar-refractivity contribution in [2.75, 3.05) is 26.4 Å². The Labute approximate surface area is 185 Å². The Morgan fingerprint density at radius 3 is 2.34 bits per heavy atom. The fourth-order valence-corrected chi connectivity index (χ4v) is 4.60. The summed E-state index contributed by atoms with van der Waals surface area (Å²) in [6.07, 6.45) is 1.74. The molecule has 0 atom stereocenters. The van der Waals surface area contributed by atoms with Crippen molar-refractivity contribution in [3.8, 4) is 11.3 Å². The number of hydrogen-bond acceptors (Lipinski definition) is 3. The monoisotopic (exact) mass is 446 g/mol. The maximum absolute atomic E-state index is 14.4. The first-order valence-electron chi connectivity index (χ1n) is 11.2. The third-order valence-corrected chi connectivity index (χ3v) is 6.47. The van der Waals surface area contributed by atoms with Crippen molar-refractivity contribution in [1.82, 2.24) is 10.3 Å². The molecular weight excluding hydrogens is 417 g/mol. The van der Waals surface area contributed by atoms with Gasteiger partial charge in [-0.1, -0.05) is 13.8 Å². The second-order valence-corrected chi connectivity index (χ2v) is 8.58. The van der Waals surface area contributed by atoms with Gasteiger partial charge in [0.05, 0.1) is 36.6 Å². The summed E-state index contributed by atoms with van der Waals surface area (Å²) < 4.78 is 47.0. The van der Waals surface area contributed by atoms with E-state index in [0.717, 1.165) is 36.6 Å². The molecule has 1 saturated carbocycles. The average Bonchev–Trinajstić information content (AvgIpc) is 3.10. The minimum atomic E-state index is -0.632. The molecule has 0 amide bonds. The highest BCUT2D eigenvalue weighted by Gasteiger charge is 2.40. The summed E-state index contributed by atoms with van der Waals surface area (Å²) in [5, 5.41) is 13.5. The van der Waals surface area contributed by atoms with Crippen molar-refractivity contribution in [2.45, 2.75) is 38.1 Å². The van der Waals surface area contributed by atoms with E-state index in [1.54, 1.807) is 12.1 Å². The van der Waals surface area contributed by atoms with Crippen LogP contribution in [0.2, 0.25) is 0 Å². The lowest BCUT2D eigenvalue weighted by Gasteiger charge is -2.44. The number of hydrogen-bond donors (Lipinski definition) is 3. The van der Waals surface area contributed by atoms with E-state index in [9.17, 15) is 18.3 Å². The standard InChI is InChI=1S/C23H23F3N2O2.C2H6/c24-16-3-1-14(2-4-16)21-20(18-7-17(25)8-19(26)22(18)28-21)15-5-13(6-15)9-27-23(10-29)11-30-12-23;1-2/h1-4,7-8,13,15,27-29H,5-6,9-12H2;1-2H3. The molecule has 1 saturated heterocycles. The van der Waals surface area contributed by atoms with Crippen LogP contribution in [0.15, 0.2) is 36.4 Å². The molecular formula is C25H29F3N2O2. The summed E-state index contributed by atoms with van der Waals surface area (Å²) in [5.74, 6) is -1.04. The van der Waals surface area contributed by atoms with Crippen molar-refractivity contribution in [3.63, 3.8) is 0 Å². The lowest BCUT2D eigenvalue weighted by molar-refractivity contribution is -0.0996. The number of rotatable bonds is 6. The third-order valence-electron chi connectivity index (χ3n) is 6.47. The minimum Gasteiger partial charge on any atom is -0.394 e. The van der Waals surface area contributed by atoms with Crippen LogP contribution in [0.25, 0.3) is 22.2 Å². The van der Waals surface area contributed by atoms with Gasteiger partial charge in [-0.05, 0) is 72.7 Å². The summed E-state index contributed by atoms with van der Waals surface area (Å²) in [6, 6.07) is 8.28. The van der Waals surface area contributed by atoms with Gasteiger partial charge in [-0.3, -0.25) is 0 Å². The van der Waals surface area contributed by atoms with Gasteiger partial charge in [0.1, 0.15) is 17.5 Å². The van der Waals surface area contributed by atoms with Crippen LogP contribution in [0.1, 0.15) is 38.2 Å². The molecule has 2 aromatic carbocycles. The largest absolute Gasteiger partial charge is 0.394 e. The van der Waals surface area contributed by atoms with Crippen LogP contribution in [0.3, 0.4) is 0 Å². The smallest absolute Gasteiger partial charge is 0.150 e. The number of benzene rings is 2. The number of aromatic nitrogens is 1. The Bertz CT molecular complexity index is 1070. The summed E-state index contributed by atoms with van der Waals surface area (Å²) in [5.41, 5.74) is 2.28. The van der Waals surface area contributed by atoms with Crippen LogP contribution in [0, 0.1) is 23.4 Å². The number of aliphatic hydroxyl groups is 1. The SMILES string of the molecule is CC.OCC1(NCC2CC(c3c(-c4ccc(F)cc4)[nH]c4c(F)cc(F)cc34)C2)COC1. The van der Waals surface area contributed by atoms with E-state index in [-0.39, 0.29) is 29.4 Å². The number of fused-ring (bicyclic) bond motifs is 1. The third kappa shape index (κ3) is 4.17. The number of H-pyrrole nitrogens is 1. The van der Waals surface area contributed by atoms with Crippen molar-refractivity contribution in [3.05, 3.63) is 59.4 Å². The van der Waals surface area contributed by atoms with Crippen LogP contribution in [-0.4, -0.2) is 42.0 Å². The first-order valence-corrected chi connectivity index (χ1v) is 11.2. The minimum absolute atomic E-state index is 0.0405. The van der Waals surface area contributed by atoms with Gasteiger partial charge in [-0.2, -0.15) is 0 Å². The van der Waals surface area contributed by atoms with Gasteiger partial charge in [0.2, 0.25) is 0 Å². The summed E-state index contributed by atoms with van der Waals surface area (Å²) in [6.45, 7) is 5.82. The van der Waals surface area contributed by atoms with Gasteiger partial charge in [0.15, 0.2) is 0 Å². The zero-order valence-corrected chi connectivity index (χ0v) is 18.4. The second kappa shape index (κ2) is 9.25. The average molecular weight is 447 g/mol. The molecule has 3 aromatic rings. The van der Waals surface area contributed by atoms with Crippen LogP contribution < -0.4 is 5.32 Å². The van der Waals surface area contributed by atoms with E-state index < -0.39 is 11.6 Å². The molecule has 4 nitrogen and oxygen atoms in total. The number of ether oxygens (including phenoxy) is 1. The van der Waals surface area contributed by atoms with E-state index >= 15 is 0 Å². The van der Waals surface area contributed by atoms with E-state index in [4.69, 9.17) is 4.74 Å². The molecule has 0 bridgehead atoms. The Morgan fingerprint density at radius 1 is 1.06 bits per heavy atom. The van der Waals surface area contributed by atoms with E-state index in [0.29, 0.717) is 30.2 Å². The van der Waals surface area contributed by atoms with Crippen LogP contribution in [-0.2, 0) is 4.74 Å². The Kier molecular flexibility index (Phi) is 6.60. The first kappa shape index (κ1) is 22.8. The highest BCUT2D eigenvalue weighted by Crippen LogP contribution is 2.48. The molecule has 7 heteroatoms. The van der Waals surface area contributed by atoms with Gasteiger partial charge >= 0.3 is 0 Å². The van der Waals surface area contributed by atoms with Crippen molar-refractivity contribution < 1.29 is 23.0 Å². The molecule has 0 radical (unpaired) electrons. The second-order valence-electron chi connectivity index (χ2n) is 8.58. The maximum atomic E-state index is 14.4. The molecule has 1 aliphatic carbocycles. The Balaban J connectivity index is 0.00000119. The number of aromatic amines is 1. The number of nitrogens with one attached hydrogen (secondary N) is 2. The predicted molar refractivity (Wildman–Crippen MR) is 119 cm³/mol. The number of halogens is 3. The summed E-state index contributed by atoms with van der Waals surface area (Å²) in [7, 11) is 0. The van der Waals surface area contributed by atoms with Crippen LogP contribution >= 0.6 is 0 Å². The molecule has 2 fully saturated rings. The molecule has 2 heterocycles. The van der Waals surface area contributed by atoms with Crippen molar-refractivity contribution in [2.24, 2.45) is 5.92 Å². The fraction of sp³-hybridized carbons (Fsp3) is 0.440. The fourth-order valence-electron chi connectivity index (χ4n) is 4.60. The van der Waals surface area contributed by atoms with Crippen molar-refractivity contribution >= 4 is 10.9 Å². The maximum Gasteiger partial charge on any atom is 0.150 e. The van der Waals surface area contributed by atoms with Gasteiger partial charge < -0.3 is 20.1 Å². The van der Waals surface area contributed by atoms with Gasteiger partial charge in [0, 0.05) is 11.5 Å². The lowest BCUT2D eigenvalue weighted by atomic mass is 9.70. The Hall–Kier alpha value is -2.35. The van der Waals surface area contributed by atoms with Crippen molar-refractivity contribution in [1.29, 1.82) is 0 Å². The van der Waals surface area contributed by atoms with Gasteiger partial charge in [-0.15, -0.1) is 0 Å². The first-order chi connectivity index (χ1) is 15.5. The molecule has 2 aliphatic rings. The molecule has 5 rings (SSSR count). The molecule has 172 valence electrons. The quantitative estimate of drug-likeness (QED) is 0.493. The van der Waals surface area contributed by atoms with E-state index in [1.165, 1.54) is 18.2 Å². The zero-order valence-electron chi connectivity index (χ0n) is 18.4. The van der Waals surface area contributed by atoms with Crippen LogP contribution in [0.4, 0.5) is 13.2 Å². The molecule has 3 N–H and O–H groups in total. The molecule has 32 heavy (non-hydrogen) atoms. The van der Waals surface area contributed by atoms with Gasteiger partial charge in [0.25, 0.3) is 0 Å². The normalized spacial score (nSPS) is 21.4.